The summed E-state index contributed by atoms with van der Waals surface area (Å²) in [6, 6.07) is 1.67. The molecule has 2 rings (SSSR count). The lowest BCUT2D eigenvalue weighted by atomic mass is 10.2. The lowest BCUT2D eigenvalue weighted by molar-refractivity contribution is 0.00331. The van der Waals surface area contributed by atoms with Crippen molar-refractivity contribution in [2.45, 2.75) is 19.9 Å². The molecular weight excluding hydrogens is 220 g/mol. The number of carbonyl (C=O) groups excluding carboxylic acids is 2. The standard InChI is InChI=1S/C12H16N2O3/c1-8-7-17-4-3-14(8)12(16)11-5-10(6-13-11)9(2)15/h5-6,8,13H,3-4,7H2,1-2H3/t8-/m1/s1. The van der Waals surface area contributed by atoms with E-state index in [1.807, 2.05) is 6.92 Å². The van der Waals surface area contributed by atoms with Crippen molar-refractivity contribution < 1.29 is 14.3 Å². The van der Waals surface area contributed by atoms with Gasteiger partial charge in [0.15, 0.2) is 5.78 Å². The van der Waals surface area contributed by atoms with Crippen LogP contribution in [0, 0.1) is 0 Å². The van der Waals surface area contributed by atoms with Gasteiger partial charge in [-0.3, -0.25) is 9.59 Å². The van der Waals surface area contributed by atoms with Crippen LogP contribution in [0.25, 0.3) is 0 Å². The van der Waals surface area contributed by atoms with E-state index in [4.69, 9.17) is 4.74 Å². The van der Waals surface area contributed by atoms with E-state index in [1.54, 1.807) is 17.2 Å². The van der Waals surface area contributed by atoms with E-state index < -0.39 is 0 Å². The summed E-state index contributed by atoms with van der Waals surface area (Å²) >= 11 is 0. The van der Waals surface area contributed by atoms with Crippen LogP contribution in [-0.2, 0) is 4.74 Å². The third kappa shape index (κ3) is 2.39. The molecule has 2 heterocycles. The minimum Gasteiger partial charge on any atom is -0.377 e. The first-order chi connectivity index (χ1) is 8.09. The number of ether oxygens (including phenoxy) is 1. The van der Waals surface area contributed by atoms with Crippen LogP contribution in [-0.4, -0.2) is 47.4 Å². The Hall–Kier alpha value is -1.62. The number of H-pyrrole nitrogens is 1. The third-order valence-corrected chi connectivity index (χ3v) is 2.95. The lowest BCUT2D eigenvalue weighted by Gasteiger charge is -2.32. The number of aromatic nitrogens is 1. The lowest BCUT2D eigenvalue weighted by Crippen LogP contribution is -2.47. The molecule has 0 saturated carbocycles. The molecule has 17 heavy (non-hydrogen) atoms. The fourth-order valence-electron chi connectivity index (χ4n) is 1.90. The Morgan fingerprint density at radius 2 is 2.29 bits per heavy atom. The summed E-state index contributed by atoms with van der Waals surface area (Å²) in [5.41, 5.74) is 0.998. The number of rotatable bonds is 2. The second-order valence-electron chi connectivity index (χ2n) is 4.28. The number of hydrogen-bond acceptors (Lipinski definition) is 3. The van der Waals surface area contributed by atoms with Crippen molar-refractivity contribution in [3.05, 3.63) is 23.5 Å². The molecule has 0 spiro atoms. The van der Waals surface area contributed by atoms with Gasteiger partial charge in [-0.2, -0.15) is 0 Å². The van der Waals surface area contributed by atoms with Crippen LogP contribution >= 0.6 is 0 Å². The molecule has 0 bridgehead atoms. The quantitative estimate of drug-likeness (QED) is 0.781. The number of nitrogens with zero attached hydrogens (tertiary/aromatic N) is 1. The first-order valence-corrected chi connectivity index (χ1v) is 5.67. The number of ketones is 1. The van der Waals surface area contributed by atoms with Crippen molar-refractivity contribution in [3.8, 4) is 0 Å². The molecule has 5 nitrogen and oxygen atoms in total. The van der Waals surface area contributed by atoms with Crippen LogP contribution in [0.3, 0.4) is 0 Å². The Bertz CT molecular complexity index is 439. The van der Waals surface area contributed by atoms with Crippen LogP contribution in [0.5, 0.6) is 0 Å². The van der Waals surface area contributed by atoms with Crippen molar-refractivity contribution in [3.63, 3.8) is 0 Å². The fraction of sp³-hybridized carbons (Fsp3) is 0.500. The van der Waals surface area contributed by atoms with Gasteiger partial charge in [0.1, 0.15) is 5.69 Å². The number of Topliss-reactive ketones (excluding diaryl/α,β-unsaturated/α-hetero) is 1. The minimum absolute atomic E-state index is 0.0460. The van der Waals surface area contributed by atoms with Gasteiger partial charge in [0.05, 0.1) is 19.3 Å². The summed E-state index contributed by atoms with van der Waals surface area (Å²) in [5, 5.41) is 0. The van der Waals surface area contributed by atoms with Crippen LogP contribution < -0.4 is 0 Å². The van der Waals surface area contributed by atoms with Crippen molar-refractivity contribution in [2.75, 3.05) is 19.8 Å². The minimum atomic E-state index is -0.0756. The summed E-state index contributed by atoms with van der Waals surface area (Å²) in [5.74, 6) is -0.122. The largest absolute Gasteiger partial charge is 0.377 e. The number of morpholine rings is 1. The molecule has 1 atom stereocenters. The molecule has 1 fully saturated rings. The van der Waals surface area contributed by atoms with Crippen molar-refractivity contribution in [1.29, 1.82) is 0 Å². The Morgan fingerprint density at radius 3 is 2.88 bits per heavy atom. The first kappa shape index (κ1) is 11.9. The molecule has 1 amide bonds. The van der Waals surface area contributed by atoms with E-state index in [-0.39, 0.29) is 17.7 Å². The molecule has 1 aromatic rings. The predicted octanol–water partition coefficient (Wildman–Crippen LogP) is 1.08. The first-order valence-electron chi connectivity index (χ1n) is 5.67. The average Bonchev–Trinajstić information content (AvgIpc) is 2.78. The molecule has 0 unspecified atom stereocenters. The highest BCUT2D eigenvalue weighted by Crippen LogP contribution is 2.12. The van der Waals surface area contributed by atoms with Gasteiger partial charge in [-0.1, -0.05) is 0 Å². The van der Waals surface area contributed by atoms with Gasteiger partial charge in [0.2, 0.25) is 0 Å². The van der Waals surface area contributed by atoms with Gasteiger partial charge in [-0.25, -0.2) is 0 Å². The van der Waals surface area contributed by atoms with Gasteiger partial charge in [0.25, 0.3) is 5.91 Å². The second-order valence-corrected chi connectivity index (χ2v) is 4.28. The van der Waals surface area contributed by atoms with Crippen molar-refractivity contribution in [2.24, 2.45) is 0 Å². The molecule has 0 aliphatic carbocycles. The molecule has 0 aromatic carbocycles. The number of nitrogens with one attached hydrogen (secondary N) is 1. The molecule has 1 N–H and O–H groups in total. The van der Waals surface area contributed by atoms with Crippen molar-refractivity contribution >= 4 is 11.7 Å². The van der Waals surface area contributed by atoms with Crippen molar-refractivity contribution in [1.82, 2.24) is 9.88 Å². The maximum Gasteiger partial charge on any atom is 0.270 e. The van der Waals surface area contributed by atoms with E-state index in [2.05, 4.69) is 4.98 Å². The zero-order valence-electron chi connectivity index (χ0n) is 10.0. The summed E-state index contributed by atoms with van der Waals surface area (Å²) in [6.07, 6.45) is 1.57. The zero-order valence-corrected chi connectivity index (χ0v) is 10.0. The normalized spacial score (nSPS) is 20.4. The van der Waals surface area contributed by atoms with E-state index in [0.29, 0.717) is 31.0 Å². The maximum absolute atomic E-state index is 12.2. The molecule has 5 heteroatoms. The number of carbonyl (C=O) groups is 2. The summed E-state index contributed by atoms with van der Waals surface area (Å²) in [7, 11) is 0. The van der Waals surface area contributed by atoms with Crippen LogP contribution in [0.1, 0.15) is 34.7 Å². The summed E-state index contributed by atoms with van der Waals surface area (Å²) in [6.45, 7) is 5.15. The number of hydrogen-bond donors (Lipinski definition) is 1. The van der Waals surface area contributed by atoms with Gasteiger partial charge >= 0.3 is 0 Å². The third-order valence-electron chi connectivity index (χ3n) is 2.95. The zero-order chi connectivity index (χ0) is 12.4. The van der Waals surface area contributed by atoms with E-state index in [9.17, 15) is 9.59 Å². The van der Waals surface area contributed by atoms with Gasteiger partial charge < -0.3 is 14.6 Å². The Kier molecular flexibility index (Phi) is 3.28. The molecule has 0 radical (unpaired) electrons. The smallest absolute Gasteiger partial charge is 0.270 e. The van der Waals surface area contributed by atoms with Crippen LogP contribution in [0.2, 0.25) is 0 Å². The molecule has 1 saturated heterocycles. The Balaban J connectivity index is 2.15. The topological polar surface area (TPSA) is 62.4 Å². The second kappa shape index (κ2) is 4.71. The van der Waals surface area contributed by atoms with E-state index in [0.717, 1.165) is 0 Å². The monoisotopic (exact) mass is 236 g/mol. The highest BCUT2D eigenvalue weighted by molar-refractivity contribution is 5.99. The number of aromatic amines is 1. The van der Waals surface area contributed by atoms with Gasteiger partial charge in [0, 0.05) is 18.3 Å². The highest BCUT2D eigenvalue weighted by atomic mass is 16.5. The van der Waals surface area contributed by atoms with Crippen LogP contribution in [0.15, 0.2) is 12.3 Å². The highest BCUT2D eigenvalue weighted by Gasteiger charge is 2.25. The SMILES string of the molecule is CC(=O)c1c[nH]c(C(=O)N2CCOC[C@H]2C)c1. The Labute approximate surface area is 99.8 Å². The van der Waals surface area contributed by atoms with Gasteiger partial charge in [-0.15, -0.1) is 0 Å². The fourth-order valence-corrected chi connectivity index (χ4v) is 1.90. The molecule has 1 aliphatic rings. The Morgan fingerprint density at radius 1 is 1.53 bits per heavy atom. The number of amides is 1. The average molecular weight is 236 g/mol. The molecule has 1 aromatic heterocycles. The molecular formula is C12H16N2O3. The van der Waals surface area contributed by atoms with Gasteiger partial charge in [-0.05, 0) is 19.9 Å². The van der Waals surface area contributed by atoms with E-state index in [1.165, 1.54) is 6.92 Å². The maximum atomic E-state index is 12.2. The van der Waals surface area contributed by atoms with E-state index >= 15 is 0 Å². The summed E-state index contributed by atoms with van der Waals surface area (Å²) in [4.78, 5) is 27.9. The molecule has 1 aliphatic heterocycles. The molecule has 92 valence electrons. The predicted molar refractivity (Wildman–Crippen MR) is 62.1 cm³/mol. The van der Waals surface area contributed by atoms with Crippen LogP contribution in [0.4, 0.5) is 0 Å². The summed E-state index contributed by atoms with van der Waals surface area (Å²) < 4.78 is 5.28.